The van der Waals surface area contributed by atoms with Gasteiger partial charge in [-0.25, -0.2) is 0 Å². The van der Waals surface area contributed by atoms with Gasteiger partial charge in [0.25, 0.3) is 0 Å². The zero-order chi connectivity index (χ0) is 16.5. The van der Waals surface area contributed by atoms with Gasteiger partial charge in [-0.05, 0) is 25.7 Å². The van der Waals surface area contributed by atoms with Crippen molar-refractivity contribution in [2.75, 3.05) is 0 Å². The van der Waals surface area contributed by atoms with Crippen LogP contribution in [0.3, 0.4) is 0 Å². The molecule has 0 amide bonds. The molecule has 0 radical (unpaired) electrons. The smallest absolute Gasteiger partial charge is 0.0541 e. The first-order chi connectivity index (χ1) is 10.7. The van der Waals surface area contributed by atoms with Crippen molar-refractivity contribution in [3.63, 3.8) is 0 Å². The normalized spacial score (nSPS) is 14.2. The summed E-state index contributed by atoms with van der Waals surface area (Å²) in [4.78, 5) is 0. The molecule has 0 aliphatic carbocycles. The summed E-state index contributed by atoms with van der Waals surface area (Å²) in [5, 5.41) is 19.7. The van der Waals surface area contributed by atoms with Crippen LogP contribution in [0.1, 0.15) is 117 Å². The van der Waals surface area contributed by atoms with Gasteiger partial charge in [0.2, 0.25) is 0 Å². The summed E-state index contributed by atoms with van der Waals surface area (Å²) in [6.07, 6.45) is 18.6. The van der Waals surface area contributed by atoms with Crippen molar-refractivity contribution in [3.05, 3.63) is 0 Å². The standard InChI is InChI=1S/C20H42O2/c1-3-5-7-8-9-10-11-12-13-14-16-20(22)18-17-19(21)15-6-4-2/h19-22H,3-18H2,1-2H3. The van der Waals surface area contributed by atoms with E-state index in [1.807, 2.05) is 0 Å². The second-order valence-corrected chi connectivity index (χ2v) is 7.00. The van der Waals surface area contributed by atoms with Gasteiger partial charge in [0.1, 0.15) is 0 Å². The molecule has 0 aliphatic heterocycles. The topological polar surface area (TPSA) is 40.5 Å². The van der Waals surface area contributed by atoms with E-state index in [0.717, 1.165) is 44.9 Å². The van der Waals surface area contributed by atoms with E-state index in [4.69, 9.17) is 0 Å². The van der Waals surface area contributed by atoms with Crippen LogP contribution in [-0.4, -0.2) is 22.4 Å². The second kappa shape index (κ2) is 17.3. The maximum absolute atomic E-state index is 9.94. The van der Waals surface area contributed by atoms with E-state index in [1.54, 1.807) is 0 Å². The third-order valence-electron chi connectivity index (χ3n) is 4.61. The predicted molar refractivity (Wildman–Crippen MR) is 97.2 cm³/mol. The molecule has 2 nitrogen and oxygen atoms in total. The van der Waals surface area contributed by atoms with Crippen LogP contribution in [0.2, 0.25) is 0 Å². The molecule has 2 heteroatoms. The van der Waals surface area contributed by atoms with Crippen LogP contribution >= 0.6 is 0 Å². The Labute approximate surface area is 139 Å². The molecule has 0 aromatic heterocycles. The zero-order valence-corrected chi connectivity index (χ0v) is 15.4. The molecular weight excluding hydrogens is 272 g/mol. The summed E-state index contributed by atoms with van der Waals surface area (Å²) in [5.74, 6) is 0. The van der Waals surface area contributed by atoms with Crippen molar-refractivity contribution < 1.29 is 10.2 Å². The second-order valence-electron chi connectivity index (χ2n) is 7.00. The lowest BCUT2D eigenvalue weighted by Gasteiger charge is -2.14. The molecule has 0 fully saturated rings. The lowest BCUT2D eigenvalue weighted by atomic mass is 10.0. The largest absolute Gasteiger partial charge is 0.393 e. The van der Waals surface area contributed by atoms with E-state index in [0.29, 0.717) is 0 Å². The van der Waals surface area contributed by atoms with Crippen molar-refractivity contribution in [3.8, 4) is 0 Å². The Morgan fingerprint density at radius 1 is 0.455 bits per heavy atom. The zero-order valence-electron chi connectivity index (χ0n) is 15.4. The minimum Gasteiger partial charge on any atom is -0.393 e. The first-order valence-corrected chi connectivity index (χ1v) is 10.1. The van der Waals surface area contributed by atoms with Gasteiger partial charge in [0.15, 0.2) is 0 Å². The molecule has 0 bridgehead atoms. The van der Waals surface area contributed by atoms with Gasteiger partial charge in [0, 0.05) is 0 Å². The van der Waals surface area contributed by atoms with Gasteiger partial charge in [-0.3, -0.25) is 0 Å². The first-order valence-electron chi connectivity index (χ1n) is 10.1. The van der Waals surface area contributed by atoms with Crippen molar-refractivity contribution in [2.45, 2.75) is 129 Å². The minimum atomic E-state index is -0.206. The van der Waals surface area contributed by atoms with E-state index in [-0.39, 0.29) is 12.2 Å². The molecular formula is C20H42O2. The molecule has 0 heterocycles. The van der Waals surface area contributed by atoms with Crippen molar-refractivity contribution >= 4 is 0 Å². The highest BCUT2D eigenvalue weighted by Gasteiger charge is 2.08. The first kappa shape index (κ1) is 21.9. The Morgan fingerprint density at radius 3 is 1.27 bits per heavy atom. The SMILES string of the molecule is CCCCCCCCCCCCC(O)CCC(O)CCCC. The molecule has 0 aromatic carbocycles. The Hall–Kier alpha value is -0.0800. The van der Waals surface area contributed by atoms with Crippen LogP contribution in [0.5, 0.6) is 0 Å². The highest BCUT2D eigenvalue weighted by molar-refractivity contribution is 4.62. The van der Waals surface area contributed by atoms with Crippen LogP contribution < -0.4 is 0 Å². The van der Waals surface area contributed by atoms with Crippen LogP contribution in [0, 0.1) is 0 Å². The summed E-state index contributed by atoms with van der Waals surface area (Å²) in [6.45, 7) is 4.41. The Morgan fingerprint density at radius 2 is 0.818 bits per heavy atom. The predicted octanol–water partition coefficient (Wildman–Crippen LogP) is 5.99. The molecule has 0 aliphatic rings. The molecule has 2 N–H and O–H groups in total. The molecule has 2 unspecified atom stereocenters. The number of unbranched alkanes of at least 4 members (excludes halogenated alkanes) is 10. The number of aliphatic hydroxyl groups is 2. The average molecular weight is 315 g/mol. The molecule has 134 valence electrons. The van der Waals surface area contributed by atoms with Crippen molar-refractivity contribution in [1.82, 2.24) is 0 Å². The van der Waals surface area contributed by atoms with E-state index in [1.165, 1.54) is 57.8 Å². The number of rotatable bonds is 17. The summed E-state index contributed by atoms with van der Waals surface area (Å²) >= 11 is 0. The Bertz CT molecular complexity index is 206. The van der Waals surface area contributed by atoms with Crippen LogP contribution in [-0.2, 0) is 0 Å². The molecule has 0 rings (SSSR count). The summed E-state index contributed by atoms with van der Waals surface area (Å²) in [5.41, 5.74) is 0. The molecule has 0 saturated heterocycles. The van der Waals surface area contributed by atoms with Gasteiger partial charge < -0.3 is 10.2 Å². The maximum Gasteiger partial charge on any atom is 0.0541 e. The van der Waals surface area contributed by atoms with Gasteiger partial charge in [0.05, 0.1) is 12.2 Å². The summed E-state index contributed by atoms with van der Waals surface area (Å²) < 4.78 is 0. The average Bonchev–Trinajstić information content (AvgIpc) is 2.52. The maximum atomic E-state index is 9.94. The molecule has 22 heavy (non-hydrogen) atoms. The minimum absolute atomic E-state index is 0.203. The van der Waals surface area contributed by atoms with Crippen LogP contribution in [0.15, 0.2) is 0 Å². The fourth-order valence-corrected chi connectivity index (χ4v) is 2.98. The summed E-state index contributed by atoms with van der Waals surface area (Å²) in [7, 11) is 0. The van der Waals surface area contributed by atoms with E-state index < -0.39 is 0 Å². The third kappa shape index (κ3) is 16.3. The fourth-order valence-electron chi connectivity index (χ4n) is 2.98. The van der Waals surface area contributed by atoms with E-state index >= 15 is 0 Å². The van der Waals surface area contributed by atoms with E-state index in [9.17, 15) is 10.2 Å². The lowest BCUT2D eigenvalue weighted by molar-refractivity contribution is 0.101. The number of hydrogen-bond acceptors (Lipinski definition) is 2. The van der Waals surface area contributed by atoms with Crippen LogP contribution in [0.4, 0.5) is 0 Å². The van der Waals surface area contributed by atoms with E-state index in [2.05, 4.69) is 13.8 Å². The fraction of sp³-hybridized carbons (Fsp3) is 1.00. The quantitative estimate of drug-likeness (QED) is 0.324. The molecule has 0 saturated carbocycles. The highest BCUT2D eigenvalue weighted by atomic mass is 16.3. The highest BCUT2D eigenvalue weighted by Crippen LogP contribution is 2.15. The molecule has 2 atom stereocenters. The third-order valence-corrected chi connectivity index (χ3v) is 4.61. The van der Waals surface area contributed by atoms with Crippen LogP contribution in [0.25, 0.3) is 0 Å². The van der Waals surface area contributed by atoms with Crippen molar-refractivity contribution in [1.29, 1.82) is 0 Å². The Balaban J connectivity index is 3.22. The summed E-state index contributed by atoms with van der Waals surface area (Å²) in [6, 6.07) is 0. The monoisotopic (exact) mass is 314 g/mol. The van der Waals surface area contributed by atoms with Gasteiger partial charge in [-0.1, -0.05) is 90.9 Å². The number of aliphatic hydroxyl groups excluding tert-OH is 2. The van der Waals surface area contributed by atoms with Gasteiger partial charge in [-0.2, -0.15) is 0 Å². The molecule has 0 aromatic rings. The lowest BCUT2D eigenvalue weighted by Crippen LogP contribution is -2.13. The number of hydrogen-bond donors (Lipinski definition) is 2. The molecule has 0 spiro atoms. The Kier molecular flexibility index (Phi) is 17.2. The van der Waals surface area contributed by atoms with Crippen molar-refractivity contribution in [2.24, 2.45) is 0 Å². The van der Waals surface area contributed by atoms with Gasteiger partial charge >= 0.3 is 0 Å². The van der Waals surface area contributed by atoms with Gasteiger partial charge in [-0.15, -0.1) is 0 Å².